The molecule has 2 nitrogen and oxygen atoms in total. The van der Waals surface area contributed by atoms with Crippen molar-refractivity contribution in [3.8, 4) is 0 Å². The molecule has 1 aliphatic rings. The summed E-state index contributed by atoms with van der Waals surface area (Å²) in [7, 11) is 2.18. The van der Waals surface area contributed by atoms with E-state index in [2.05, 4.69) is 35.9 Å². The molecule has 1 heterocycles. The molecule has 16 heavy (non-hydrogen) atoms. The highest BCUT2D eigenvalue weighted by Crippen LogP contribution is 2.37. The first-order valence-electron chi connectivity index (χ1n) is 6.09. The first kappa shape index (κ1) is 9.91. The van der Waals surface area contributed by atoms with Crippen LogP contribution in [0.4, 0.5) is 0 Å². The molecule has 2 heteroatoms. The number of fused-ring (bicyclic) bond motifs is 3. The molecular formula is C14H18N2. The molecule has 0 saturated heterocycles. The number of aryl methyl sites for hydroxylation is 2. The summed E-state index contributed by atoms with van der Waals surface area (Å²) in [6.07, 6.45) is 3.74. The molecule has 0 aliphatic heterocycles. The topological polar surface area (TPSA) is 30.9 Å². The monoisotopic (exact) mass is 214 g/mol. The van der Waals surface area contributed by atoms with E-state index in [4.69, 9.17) is 5.73 Å². The fourth-order valence-corrected chi connectivity index (χ4v) is 3.17. The fourth-order valence-electron chi connectivity index (χ4n) is 3.17. The molecule has 84 valence electrons. The van der Waals surface area contributed by atoms with Gasteiger partial charge in [0, 0.05) is 36.1 Å². The highest BCUT2D eigenvalue weighted by molar-refractivity contribution is 5.86. The van der Waals surface area contributed by atoms with Crippen LogP contribution >= 0.6 is 0 Å². The van der Waals surface area contributed by atoms with Gasteiger partial charge in [0.25, 0.3) is 0 Å². The molecule has 0 spiro atoms. The molecule has 2 aromatic rings. The SMILES string of the molecule is Cn1c2c(c3ccccc31)CCCC2CN. The Bertz CT molecular complexity index is 525. The van der Waals surface area contributed by atoms with E-state index in [1.807, 2.05) is 0 Å². The van der Waals surface area contributed by atoms with Gasteiger partial charge in [-0.05, 0) is 30.9 Å². The lowest BCUT2D eigenvalue weighted by Gasteiger charge is -2.23. The molecule has 0 fully saturated rings. The first-order chi connectivity index (χ1) is 7.83. The number of rotatable bonds is 1. The van der Waals surface area contributed by atoms with Gasteiger partial charge in [0.05, 0.1) is 0 Å². The molecular weight excluding hydrogens is 196 g/mol. The Hall–Kier alpha value is -1.28. The average molecular weight is 214 g/mol. The van der Waals surface area contributed by atoms with Gasteiger partial charge in [0.2, 0.25) is 0 Å². The summed E-state index contributed by atoms with van der Waals surface area (Å²) in [5.74, 6) is 0.557. The zero-order valence-corrected chi connectivity index (χ0v) is 9.74. The normalized spacial score (nSPS) is 20.0. The van der Waals surface area contributed by atoms with Crippen molar-refractivity contribution < 1.29 is 0 Å². The van der Waals surface area contributed by atoms with Crippen LogP contribution in [0.2, 0.25) is 0 Å². The molecule has 0 radical (unpaired) electrons. The Balaban J connectivity index is 2.33. The van der Waals surface area contributed by atoms with E-state index in [1.54, 1.807) is 5.56 Å². The Morgan fingerprint density at radius 3 is 3.00 bits per heavy atom. The maximum absolute atomic E-state index is 5.90. The van der Waals surface area contributed by atoms with Gasteiger partial charge in [-0.1, -0.05) is 18.2 Å². The maximum atomic E-state index is 5.90. The van der Waals surface area contributed by atoms with Crippen LogP contribution in [0.5, 0.6) is 0 Å². The van der Waals surface area contributed by atoms with E-state index in [0.717, 1.165) is 6.54 Å². The van der Waals surface area contributed by atoms with E-state index >= 15 is 0 Å². The molecule has 1 atom stereocenters. The lowest BCUT2D eigenvalue weighted by atomic mass is 9.87. The Morgan fingerprint density at radius 1 is 1.38 bits per heavy atom. The van der Waals surface area contributed by atoms with Gasteiger partial charge in [-0.2, -0.15) is 0 Å². The number of benzene rings is 1. The first-order valence-corrected chi connectivity index (χ1v) is 6.09. The van der Waals surface area contributed by atoms with Gasteiger partial charge in [0.15, 0.2) is 0 Å². The van der Waals surface area contributed by atoms with Crippen LogP contribution < -0.4 is 5.73 Å². The zero-order chi connectivity index (χ0) is 11.1. The smallest absolute Gasteiger partial charge is 0.0482 e. The van der Waals surface area contributed by atoms with Crippen molar-refractivity contribution in [3.63, 3.8) is 0 Å². The van der Waals surface area contributed by atoms with Crippen molar-refractivity contribution in [1.82, 2.24) is 4.57 Å². The minimum Gasteiger partial charge on any atom is -0.347 e. The summed E-state index contributed by atoms with van der Waals surface area (Å²) in [5.41, 5.74) is 10.3. The number of nitrogens with zero attached hydrogens (tertiary/aromatic N) is 1. The van der Waals surface area contributed by atoms with E-state index < -0.39 is 0 Å². The van der Waals surface area contributed by atoms with E-state index in [1.165, 1.54) is 35.9 Å². The molecule has 0 bridgehead atoms. The average Bonchev–Trinajstić information content (AvgIpc) is 2.64. The Labute approximate surface area is 96.1 Å². The molecule has 1 unspecified atom stereocenters. The van der Waals surface area contributed by atoms with E-state index in [0.29, 0.717) is 5.92 Å². The number of para-hydroxylation sites is 1. The predicted molar refractivity (Wildman–Crippen MR) is 67.7 cm³/mol. The zero-order valence-electron chi connectivity index (χ0n) is 9.74. The Morgan fingerprint density at radius 2 is 2.19 bits per heavy atom. The molecule has 1 aromatic carbocycles. The second-order valence-corrected chi connectivity index (χ2v) is 4.76. The molecule has 0 amide bonds. The summed E-state index contributed by atoms with van der Waals surface area (Å²) >= 11 is 0. The van der Waals surface area contributed by atoms with Crippen molar-refractivity contribution in [2.45, 2.75) is 25.2 Å². The van der Waals surface area contributed by atoms with Crippen molar-refractivity contribution in [2.75, 3.05) is 6.54 Å². The number of aromatic nitrogens is 1. The quantitative estimate of drug-likeness (QED) is 0.777. The second kappa shape index (κ2) is 3.63. The fraction of sp³-hybridized carbons (Fsp3) is 0.429. The van der Waals surface area contributed by atoms with E-state index in [-0.39, 0.29) is 0 Å². The van der Waals surface area contributed by atoms with Gasteiger partial charge in [-0.3, -0.25) is 0 Å². The standard InChI is InChI=1S/C14H18N2/c1-16-13-8-3-2-6-11(13)12-7-4-5-10(9-15)14(12)16/h2-3,6,8,10H,4-5,7,9,15H2,1H3. The number of nitrogens with two attached hydrogens (primary N) is 1. The number of hydrogen-bond donors (Lipinski definition) is 1. The van der Waals surface area contributed by atoms with Crippen molar-refractivity contribution >= 4 is 10.9 Å². The summed E-state index contributed by atoms with van der Waals surface area (Å²) < 4.78 is 2.35. The van der Waals surface area contributed by atoms with Gasteiger partial charge in [-0.15, -0.1) is 0 Å². The summed E-state index contributed by atoms with van der Waals surface area (Å²) in [5, 5.41) is 1.43. The van der Waals surface area contributed by atoms with Crippen LogP contribution in [0.1, 0.15) is 30.0 Å². The van der Waals surface area contributed by atoms with Crippen LogP contribution in [-0.4, -0.2) is 11.1 Å². The summed E-state index contributed by atoms with van der Waals surface area (Å²) in [4.78, 5) is 0. The maximum Gasteiger partial charge on any atom is 0.0482 e. The molecule has 1 aliphatic carbocycles. The molecule has 1 aromatic heterocycles. The van der Waals surface area contributed by atoms with Crippen molar-refractivity contribution in [3.05, 3.63) is 35.5 Å². The number of hydrogen-bond acceptors (Lipinski definition) is 1. The summed E-state index contributed by atoms with van der Waals surface area (Å²) in [6.45, 7) is 0.775. The van der Waals surface area contributed by atoms with E-state index in [9.17, 15) is 0 Å². The van der Waals surface area contributed by atoms with Crippen LogP contribution in [0.3, 0.4) is 0 Å². The third-order valence-electron chi connectivity index (χ3n) is 3.91. The minimum absolute atomic E-state index is 0.557. The molecule has 2 N–H and O–H groups in total. The van der Waals surface area contributed by atoms with Crippen LogP contribution in [-0.2, 0) is 13.5 Å². The Kier molecular flexibility index (Phi) is 2.25. The lowest BCUT2D eigenvalue weighted by molar-refractivity contribution is 0.534. The molecule has 3 rings (SSSR count). The lowest BCUT2D eigenvalue weighted by Crippen LogP contribution is -2.20. The largest absolute Gasteiger partial charge is 0.347 e. The summed E-state index contributed by atoms with van der Waals surface area (Å²) in [6, 6.07) is 8.70. The highest BCUT2D eigenvalue weighted by Gasteiger charge is 2.24. The molecule has 0 saturated carbocycles. The van der Waals surface area contributed by atoms with Crippen LogP contribution in [0, 0.1) is 0 Å². The predicted octanol–water partition coefficient (Wildman–Crippen LogP) is 2.56. The minimum atomic E-state index is 0.557. The van der Waals surface area contributed by atoms with Gasteiger partial charge in [0.1, 0.15) is 0 Å². The van der Waals surface area contributed by atoms with Crippen molar-refractivity contribution in [1.29, 1.82) is 0 Å². The second-order valence-electron chi connectivity index (χ2n) is 4.76. The van der Waals surface area contributed by atoms with Crippen LogP contribution in [0.15, 0.2) is 24.3 Å². The van der Waals surface area contributed by atoms with Gasteiger partial charge in [-0.25, -0.2) is 0 Å². The van der Waals surface area contributed by atoms with Crippen molar-refractivity contribution in [2.24, 2.45) is 12.8 Å². The highest BCUT2D eigenvalue weighted by atomic mass is 15.0. The van der Waals surface area contributed by atoms with Gasteiger partial charge < -0.3 is 10.3 Å². The third kappa shape index (κ3) is 1.23. The van der Waals surface area contributed by atoms with Crippen LogP contribution in [0.25, 0.3) is 10.9 Å². The van der Waals surface area contributed by atoms with Gasteiger partial charge >= 0.3 is 0 Å². The third-order valence-corrected chi connectivity index (χ3v) is 3.91.